The number of carboxylic acids is 1. The zero-order chi connectivity index (χ0) is 11.9. The summed E-state index contributed by atoms with van der Waals surface area (Å²) < 4.78 is 0. The lowest BCUT2D eigenvalue weighted by molar-refractivity contribution is 0.0687. The van der Waals surface area contributed by atoms with Gasteiger partial charge >= 0.3 is 5.97 Å². The van der Waals surface area contributed by atoms with Gasteiger partial charge in [-0.15, -0.1) is 0 Å². The van der Waals surface area contributed by atoms with Gasteiger partial charge in [0.2, 0.25) is 0 Å². The minimum Gasteiger partial charge on any atom is -0.478 e. The Labute approximate surface area is 93.3 Å². The van der Waals surface area contributed by atoms with Gasteiger partial charge in [-0.3, -0.25) is 9.78 Å². The van der Waals surface area contributed by atoms with Crippen molar-refractivity contribution in [2.24, 2.45) is 5.41 Å². The van der Waals surface area contributed by atoms with E-state index in [1.807, 2.05) is 13.8 Å². The molecule has 0 aliphatic heterocycles. The minimum absolute atomic E-state index is 0.0745. The molecule has 16 heavy (non-hydrogen) atoms. The molecule has 2 rings (SSSR count). The van der Waals surface area contributed by atoms with Gasteiger partial charge in [0.05, 0.1) is 16.8 Å². The summed E-state index contributed by atoms with van der Waals surface area (Å²) in [4.78, 5) is 27.0. The lowest BCUT2D eigenvalue weighted by Gasteiger charge is -2.29. The summed E-state index contributed by atoms with van der Waals surface area (Å²) in [6, 6.07) is 1.39. The number of carboxylic acid groups (broad SMARTS) is 1. The molecule has 0 bridgehead atoms. The third kappa shape index (κ3) is 1.71. The molecule has 1 heterocycles. The van der Waals surface area contributed by atoms with E-state index in [9.17, 15) is 9.59 Å². The number of nitrogens with zero attached hydrogens (tertiary/aromatic N) is 1. The van der Waals surface area contributed by atoms with Gasteiger partial charge in [-0.2, -0.15) is 0 Å². The van der Waals surface area contributed by atoms with Crippen molar-refractivity contribution in [2.75, 3.05) is 0 Å². The normalized spacial score (nSPS) is 18.0. The van der Waals surface area contributed by atoms with E-state index in [-0.39, 0.29) is 16.8 Å². The first kappa shape index (κ1) is 10.8. The van der Waals surface area contributed by atoms with Crippen molar-refractivity contribution in [1.29, 1.82) is 0 Å². The lowest BCUT2D eigenvalue weighted by atomic mass is 9.74. The van der Waals surface area contributed by atoms with Crippen LogP contribution in [0.2, 0.25) is 0 Å². The van der Waals surface area contributed by atoms with Gasteiger partial charge in [-0.05, 0) is 17.9 Å². The number of hydrogen-bond donors (Lipinski definition) is 1. The van der Waals surface area contributed by atoms with E-state index in [4.69, 9.17) is 5.11 Å². The van der Waals surface area contributed by atoms with Crippen LogP contribution in [0.15, 0.2) is 12.3 Å². The van der Waals surface area contributed by atoms with Crippen molar-refractivity contribution < 1.29 is 14.7 Å². The van der Waals surface area contributed by atoms with E-state index in [1.165, 1.54) is 12.3 Å². The van der Waals surface area contributed by atoms with Crippen molar-refractivity contribution >= 4 is 11.8 Å². The van der Waals surface area contributed by atoms with E-state index in [2.05, 4.69) is 4.98 Å². The zero-order valence-corrected chi connectivity index (χ0v) is 9.28. The second-order valence-corrected chi connectivity index (χ2v) is 4.93. The standard InChI is InChI=1S/C12H13NO3/c1-12(2)5-8-10(9(14)6-12)7(11(15)16)3-4-13-8/h3-4H,5-6H2,1-2H3,(H,15,16). The van der Waals surface area contributed by atoms with E-state index >= 15 is 0 Å². The summed E-state index contributed by atoms with van der Waals surface area (Å²) in [6.07, 6.45) is 2.48. The monoisotopic (exact) mass is 219 g/mol. The van der Waals surface area contributed by atoms with E-state index in [0.29, 0.717) is 24.1 Å². The molecule has 1 aromatic rings. The molecule has 1 aliphatic carbocycles. The topological polar surface area (TPSA) is 67.3 Å². The maximum absolute atomic E-state index is 11.9. The molecule has 84 valence electrons. The Bertz CT molecular complexity index is 477. The smallest absolute Gasteiger partial charge is 0.336 e. The predicted octanol–water partition coefficient (Wildman–Crippen LogP) is 1.93. The van der Waals surface area contributed by atoms with E-state index < -0.39 is 5.97 Å². The van der Waals surface area contributed by atoms with Crippen molar-refractivity contribution in [3.8, 4) is 0 Å². The summed E-state index contributed by atoms with van der Waals surface area (Å²) in [7, 11) is 0. The number of carbonyl (C=O) groups is 2. The Hall–Kier alpha value is -1.71. The highest BCUT2D eigenvalue weighted by Gasteiger charge is 2.34. The van der Waals surface area contributed by atoms with E-state index in [1.54, 1.807) is 0 Å². The van der Waals surface area contributed by atoms with Crippen LogP contribution in [0.4, 0.5) is 0 Å². The number of aromatic carboxylic acids is 1. The van der Waals surface area contributed by atoms with Crippen molar-refractivity contribution in [3.63, 3.8) is 0 Å². The third-order valence-corrected chi connectivity index (χ3v) is 2.82. The van der Waals surface area contributed by atoms with Gasteiger partial charge in [-0.25, -0.2) is 4.79 Å². The largest absolute Gasteiger partial charge is 0.478 e. The Kier molecular flexibility index (Phi) is 2.30. The summed E-state index contributed by atoms with van der Waals surface area (Å²) in [6.45, 7) is 3.98. The molecule has 1 N–H and O–H groups in total. The molecule has 4 heteroatoms. The molecule has 4 nitrogen and oxygen atoms in total. The van der Waals surface area contributed by atoms with Crippen molar-refractivity contribution in [2.45, 2.75) is 26.7 Å². The van der Waals surface area contributed by atoms with Gasteiger partial charge in [0.1, 0.15) is 0 Å². The predicted molar refractivity (Wildman–Crippen MR) is 57.6 cm³/mol. The minimum atomic E-state index is -1.06. The Balaban J connectivity index is 2.60. The van der Waals surface area contributed by atoms with Crippen LogP contribution in [-0.4, -0.2) is 21.8 Å². The number of ketones is 1. The molecule has 0 atom stereocenters. The van der Waals surface area contributed by atoms with Crippen LogP contribution in [0.5, 0.6) is 0 Å². The summed E-state index contributed by atoms with van der Waals surface area (Å²) in [5.41, 5.74) is 0.856. The Morgan fingerprint density at radius 1 is 1.44 bits per heavy atom. The highest BCUT2D eigenvalue weighted by Crippen LogP contribution is 2.34. The number of pyridine rings is 1. The fraction of sp³-hybridized carbons (Fsp3) is 0.417. The van der Waals surface area contributed by atoms with Gasteiger partial charge in [0.25, 0.3) is 0 Å². The summed E-state index contributed by atoms with van der Waals surface area (Å²) in [5.74, 6) is -1.18. The maximum Gasteiger partial charge on any atom is 0.336 e. The first-order valence-corrected chi connectivity index (χ1v) is 5.15. The molecule has 0 saturated carbocycles. The molecule has 0 saturated heterocycles. The molecule has 0 amide bonds. The molecule has 0 unspecified atom stereocenters. The average Bonchev–Trinajstić information content (AvgIpc) is 2.14. The second kappa shape index (κ2) is 3.40. The number of aromatic nitrogens is 1. The molecule has 0 fully saturated rings. The molecular weight excluding hydrogens is 206 g/mol. The summed E-state index contributed by atoms with van der Waals surface area (Å²) in [5, 5.41) is 9.01. The first-order chi connectivity index (χ1) is 7.41. The third-order valence-electron chi connectivity index (χ3n) is 2.82. The molecule has 1 aromatic heterocycles. The SMILES string of the molecule is CC1(C)CC(=O)c2c(C(=O)O)ccnc2C1. The first-order valence-electron chi connectivity index (χ1n) is 5.15. The molecule has 1 aliphatic rings. The number of rotatable bonds is 1. The summed E-state index contributed by atoms with van der Waals surface area (Å²) >= 11 is 0. The quantitative estimate of drug-likeness (QED) is 0.783. The molecule has 0 radical (unpaired) electrons. The highest BCUT2D eigenvalue weighted by molar-refractivity contribution is 6.07. The highest BCUT2D eigenvalue weighted by atomic mass is 16.4. The second-order valence-electron chi connectivity index (χ2n) is 4.93. The number of Topliss-reactive ketones (excluding diaryl/α,β-unsaturated/α-hetero) is 1. The van der Waals surface area contributed by atoms with Crippen LogP contribution < -0.4 is 0 Å². The van der Waals surface area contributed by atoms with Crippen LogP contribution in [0.25, 0.3) is 0 Å². The molecular formula is C12H13NO3. The Morgan fingerprint density at radius 3 is 2.75 bits per heavy atom. The van der Waals surface area contributed by atoms with Gasteiger partial charge in [0.15, 0.2) is 5.78 Å². The van der Waals surface area contributed by atoms with Crippen LogP contribution in [0.1, 0.15) is 46.7 Å². The van der Waals surface area contributed by atoms with Crippen LogP contribution >= 0.6 is 0 Å². The van der Waals surface area contributed by atoms with Crippen molar-refractivity contribution in [3.05, 3.63) is 29.1 Å². The fourth-order valence-corrected chi connectivity index (χ4v) is 2.17. The average molecular weight is 219 g/mol. The number of hydrogen-bond acceptors (Lipinski definition) is 3. The van der Waals surface area contributed by atoms with Crippen LogP contribution in [0, 0.1) is 5.41 Å². The maximum atomic E-state index is 11.9. The van der Waals surface area contributed by atoms with Gasteiger partial charge < -0.3 is 5.11 Å². The zero-order valence-electron chi connectivity index (χ0n) is 9.28. The van der Waals surface area contributed by atoms with Crippen molar-refractivity contribution in [1.82, 2.24) is 4.98 Å². The van der Waals surface area contributed by atoms with E-state index in [0.717, 1.165) is 0 Å². The van der Waals surface area contributed by atoms with Crippen LogP contribution in [0.3, 0.4) is 0 Å². The Morgan fingerprint density at radius 2 is 2.12 bits per heavy atom. The molecule has 0 aromatic carbocycles. The van der Waals surface area contributed by atoms with Gasteiger partial charge in [-0.1, -0.05) is 13.8 Å². The van der Waals surface area contributed by atoms with Gasteiger partial charge in [0, 0.05) is 12.6 Å². The molecule has 0 spiro atoms. The number of carbonyl (C=O) groups excluding carboxylic acids is 1. The number of fused-ring (bicyclic) bond motifs is 1. The lowest BCUT2D eigenvalue weighted by Crippen LogP contribution is -2.29. The fourth-order valence-electron chi connectivity index (χ4n) is 2.17. The van der Waals surface area contributed by atoms with Crippen LogP contribution in [-0.2, 0) is 6.42 Å².